The van der Waals surface area contributed by atoms with Crippen molar-refractivity contribution in [3.05, 3.63) is 59.7 Å². The maximum absolute atomic E-state index is 14.4. The molecule has 1 aromatic carbocycles. The first-order valence-corrected chi connectivity index (χ1v) is 27.1. The molecule has 74 heavy (non-hydrogen) atoms. The van der Waals surface area contributed by atoms with Crippen molar-refractivity contribution in [1.82, 2.24) is 0 Å². The van der Waals surface area contributed by atoms with Gasteiger partial charge in [0.25, 0.3) is 0 Å². The second-order valence-electron chi connectivity index (χ2n) is 23.7. The highest BCUT2D eigenvalue weighted by molar-refractivity contribution is 5.98. The summed E-state index contributed by atoms with van der Waals surface area (Å²) in [6.07, 6.45) is -1.58. The molecule has 9 heterocycles. The smallest absolute Gasteiger partial charge is 0.339 e. The fourth-order valence-electron chi connectivity index (χ4n) is 13.6. The third kappa shape index (κ3) is 10.1. The number of allylic oxidation sites excluding steroid dienone is 3. The summed E-state index contributed by atoms with van der Waals surface area (Å²) >= 11 is 0. The lowest BCUT2D eigenvalue weighted by atomic mass is 9.83. The minimum atomic E-state index is -2.03. The van der Waals surface area contributed by atoms with Gasteiger partial charge in [-0.1, -0.05) is 68.0 Å². The Morgan fingerprint density at radius 2 is 1.59 bits per heavy atom. The average molecular weight is 1040 g/mol. The predicted molar refractivity (Wildman–Crippen MR) is 260 cm³/mol. The summed E-state index contributed by atoms with van der Waals surface area (Å²) in [5.41, 5.74) is -2.61. The lowest BCUT2D eigenvalue weighted by molar-refractivity contribution is -0.363. The Morgan fingerprint density at radius 1 is 0.811 bits per heavy atom. The molecule has 1 aromatic rings. The maximum Gasteiger partial charge on any atom is 0.339 e. The molecule has 408 valence electrons. The van der Waals surface area contributed by atoms with Crippen molar-refractivity contribution in [3.63, 3.8) is 0 Å². The van der Waals surface area contributed by atoms with Gasteiger partial charge in [0.15, 0.2) is 35.3 Å². The van der Waals surface area contributed by atoms with Crippen molar-refractivity contribution in [1.29, 1.82) is 0 Å². The van der Waals surface area contributed by atoms with Gasteiger partial charge in [0.05, 0.1) is 36.4 Å². The van der Waals surface area contributed by atoms with E-state index in [-0.39, 0.29) is 75.0 Å². The van der Waals surface area contributed by atoms with Crippen molar-refractivity contribution in [3.8, 4) is 0 Å². The second-order valence-corrected chi connectivity index (χ2v) is 23.7. The van der Waals surface area contributed by atoms with Crippen LogP contribution in [0.15, 0.2) is 54.1 Å². The van der Waals surface area contributed by atoms with E-state index in [2.05, 4.69) is 13.0 Å². The number of carbonyl (C=O) groups excluding carboxylic acids is 4. The van der Waals surface area contributed by atoms with E-state index in [1.165, 1.54) is 0 Å². The predicted octanol–water partition coefficient (Wildman–Crippen LogP) is 5.02. The van der Waals surface area contributed by atoms with E-state index in [1.807, 2.05) is 26.8 Å². The summed E-state index contributed by atoms with van der Waals surface area (Å²) in [5.74, 6) is -8.00. The van der Waals surface area contributed by atoms with Gasteiger partial charge >= 0.3 is 11.9 Å². The largest absolute Gasteiger partial charge is 0.459 e. The van der Waals surface area contributed by atoms with Crippen LogP contribution in [-0.4, -0.2) is 158 Å². The van der Waals surface area contributed by atoms with Crippen LogP contribution in [0.2, 0.25) is 0 Å². The molecule has 0 amide bonds. The van der Waals surface area contributed by atoms with Crippen LogP contribution in [0.3, 0.4) is 0 Å². The number of hydrogen-bond donors (Lipinski definition) is 4. The average Bonchev–Trinajstić information content (AvgIpc) is 4.16. The number of hydrogen-bond acceptors (Lipinski definition) is 18. The van der Waals surface area contributed by atoms with E-state index >= 15 is 0 Å². The summed E-state index contributed by atoms with van der Waals surface area (Å²) in [7, 11) is 0. The van der Waals surface area contributed by atoms with E-state index in [4.69, 9.17) is 47.4 Å². The molecule has 20 atom stereocenters. The van der Waals surface area contributed by atoms with Gasteiger partial charge in [-0.15, -0.1) is 0 Å². The van der Waals surface area contributed by atoms with Crippen LogP contribution in [0.25, 0.3) is 0 Å². The molecular weight excluding hydrogens is 961 g/mol. The second kappa shape index (κ2) is 20.4. The fourth-order valence-corrected chi connectivity index (χ4v) is 13.6. The number of ketones is 2. The highest BCUT2D eigenvalue weighted by atomic mass is 16.8. The third-order valence-corrected chi connectivity index (χ3v) is 17.8. The number of Topliss-reactive ketones (excluding diaryl/α,β-unsaturated/α-hetero) is 2. The van der Waals surface area contributed by atoms with Crippen molar-refractivity contribution in [2.45, 2.75) is 233 Å². The Morgan fingerprint density at radius 3 is 2.38 bits per heavy atom. The molecule has 10 rings (SSSR count). The van der Waals surface area contributed by atoms with E-state index in [1.54, 1.807) is 50.3 Å². The van der Waals surface area contributed by atoms with E-state index in [0.29, 0.717) is 50.5 Å². The zero-order valence-corrected chi connectivity index (χ0v) is 43.5. The first kappa shape index (κ1) is 53.9. The van der Waals surface area contributed by atoms with Gasteiger partial charge in [0.1, 0.15) is 54.4 Å². The summed E-state index contributed by atoms with van der Waals surface area (Å²) in [6, 6.07) is 8.52. The first-order valence-electron chi connectivity index (χ1n) is 27.1. The third-order valence-electron chi connectivity index (χ3n) is 17.8. The Kier molecular flexibility index (Phi) is 14.8. The lowest BCUT2D eigenvalue weighted by Gasteiger charge is -2.50. The van der Waals surface area contributed by atoms with Crippen LogP contribution in [0.1, 0.15) is 142 Å². The SMILES string of the molecule is CC1=C\[C@H](C)C[C@@]2(C)CC[C@@H](O2)[C@@]23CC[C@@](C(=O)OCC(=O)c4ccccc4)(C[C@@H](O2)[C@H]2O[C@](C)(CC2=O)[C@@H](O)[C@H]2O[C@@]4(CCC[C@H](O4)[C@@H](C)C(=O)O[C@@H]4C[C@@H]([C@@]5(O)OCC[C@@H](C)[C@H]5O)O[C@@H]4\C=C\1)CC[C@@H]2O)O3. The highest BCUT2D eigenvalue weighted by Crippen LogP contribution is 2.56. The van der Waals surface area contributed by atoms with E-state index in [9.17, 15) is 39.6 Å². The van der Waals surface area contributed by atoms with Gasteiger partial charge in [-0.05, 0) is 90.9 Å². The zero-order valence-electron chi connectivity index (χ0n) is 43.5. The van der Waals surface area contributed by atoms with E-state index in [0.717, 1.165) is 5.57 Å². The van der Waals surface area contributed by atoms with E-state index < -0.39 is 126 Å². The summed E-state index contributed by atoms with van der Waals surface area (Å²) < 4.78 is 64.9. The van der Waals surface area contributed by atoms with Gasteiger partial charge in [0, 0.05) is 44.1 Å². The Balaban J connectivity index is 0.959. The fraction of sp³-hybridized carbons (Fsp3) is 0.750. The van der Waals surface area contributed by atoms with Gasteiger partial charge in [0.2, 0.25) is 5.79 Å². The summed E-state index contributed by atoms with van der Waals surface area (Å²) in [4.78, 5) is 56.2. The van der Waals surface area contributed by atoms with Crippen LogP contribution in [0, 0.1) is 17.8 Å². The number of aliphatic hydroxyl groups is 4. The molecule has 0 aliphatic carbocycles. The first-order chi connectivity index (χ1) is 35.1. The molecule has 4 N–H and O–H groups in total. The maximum atomic E-state index is 14.4. The molecule has 0 aromatic heterocycles. The topological polar surface area (TPSA) is 241 Å². The number of carbonyl (C=O) groups is 4. The molecule has 9 aliphatic heterocycles. The normalized spacial score (nSPS) is 49.0. The lowest BCUT2D eigenvalue weighted by Crippen LogP contribution is -2.61. The minimum Gasteiger partial charge on any atom is -0.459 e. The molecule has 2 spiro atoms. The number of fused-ring (bicyclic) bond motifs is 10. The van der Waals surface area contributed by atoms with Crippen LogP contribution < -0.4 is 0 Å². The number of rotatable bonds is 5. The molecule has 18 heteroatoms. The standard InChI is InChI=1S/C56H76O18/c1-31-14-15-40-41(26-44(67-40)56(64)47(60)33(3)18-24-66-56)68-49(62)34(4)39-13-10-19-54(69-39)21-16-36(57)46(73-54)48(61)52(6)28-37(58)45(72-52)42-29-53(50(63)65-30-38(59)35-11-8-7-9-12-35)22-23-55(70-42,74-53)43-17-20-51(5,71-43)27-32(2)25-31/h7-9,11-12,14-15,25,32-34,36,39-48,57,60-61,64H,10,13,16-24,26-30H2,1-6H3/b15-14+,31-25+/t32-,33+,34+,36-,39-,40+,41+,42+,43+,44-,45-,46-,47+,48-,51+,52+,53-,54-,55-,56+/m0/s1. The molecule has 0 saturated carbocycles. The Bertz CT molecular complexity index is 2340. The highest BCUT2D eigenvalue weighted by Gasteiger charge is 2.68. The molecule has 9 aliphatic rings. The molecule has 8 fully saturated rings. The number of benzene rings is 1. The molecule has 10 bridgehead atoms. The quantitative estimate of drug-likeness (QED) is 0.224. The van der Waals surface area contributed by atoms with Crippen LogP contribution in [0.5, 0.6) is 0 Å². The van der Waals surface area contributed by atoms with Crippen LogP contribution in [-0.2, 0) is 61.8 Å². The van der Waals surface area contributed by atoms with Crippen molar-refractivity contribution in [2.75, 3.05) is 13.2 Å². The van der Waals surface area contributed by atoms with Gasteiger partial charge < -0.3 is 67.8 Å². The molecule has 18 nitrogen and oxygen atoms in total. The number of aliphatic hydroxyl groups excluding tert-OH is 3. The van der Waals surface area contributed by atoms with Crippen LogP contribution >= 0.6 is 0 Å². The minimum absolute atomic E-state index is 0.0192. The molecule has 0 unspecified atom stereocenters. The summed E-state index contributed by atoms with van der Waals surface area (Å²) in [5, 5.41) is 46.8. The van der Waals surface area contributed by atoms with Crippen molar-refractivity contribution in [2.24, 2.45) is 17.8 Å². The molecule has 0 radical (unpaired) electrons. The Labute approximate surface area is 432 Å². The zero-order chi connectivity index (χ0) is 52.6. The monoisotopic (exact) mass is 1040 g/mol. The number of ether oxygens (including phenoxy) is 10. The van der Waals surface area contributed by atoms with Crippen LogP contribution in [0.4, 0.5) is 0 Å². The van der Waals surface area contributed by atoms with Gasteiger partial charge in [-0.3, -0.25) is 14.4 Å². The van der Waals surface area contributed by atoms with Crippen molar-refractivity contribution >= 4 is 23.5 Å². The summed E-state index contributed by atoms with van der Waals surface area (Å²) in [6.45, 7) is 10.9. The van der Waals surface area contributed by atoms with Gasteiger partial charge in [-0.2, -0.15) is 0 Å². The molecular formula is C56H76O18. The molecule has 8 saturated heterocycles. The number of esters is 2. The van der Waals surface area contributed by atoms with Crippen molar-refractivity contribution < 1.29 is 87.0 Å². The van der Waals surface area contributed by atoms with Gasteiger partial charge in [-0.25, -0.2) is 4.79 Å². The Hall–Kier alpha value is -3.50.